The van der Waals surface area contributed by atoms with Crippen molar-refractivity contribution < 1.29 is 0 Å². The summed E-state index contributed by atoms with van der Waals surface area (Å²) in [4.78, 5) is 5.21. The van der Waals surface area contributed by atoms with Gasteiger partial charge in [-0.05, 0) is 57.8 Å². The highest BCUT2D eigenvalue weighted by atomic mass is 15.2. The number of hydrogen-bond donors (Lipinski definition) is 0. The summed E-state index contributed by atoms with van der Waals surface area (Å²) in [7, 11) is 2.28. The molecular weight excluding hydrogens is 292 g/mol. The standard InChI is InChI=1S/C22H32N2/c1-4-5-6-7-11-18(2)16-24-21-13-9-8-12-19(21)20-17-23(3)15-10-14-22(20)24/h5-6,8-9,11-13,20,22H,4,7,10,14-17H2,1-3H3/b6-5-,18-11+/t20-,22-/m1/s1. The van der Waals surface area contributed by atoms with E-state index in [2.05, 4.69) is 73.2 Å². The number of fused-ring (bicyclic) bond motifs is 3. The molecule has 1 aromatic rings. The zero-order valence-corrected chi connectivity index (χ0v) is 15.5. The zero-order chi connectivity index (χ0) is 16.9. The highest BCUT2D eigenvalue weighted by molar-refractivity contribution is 5.63. The molecule has 0 amide bonds. The predicted molar refractivity (Wildman–Crippen MR) is 105 cm³/mol. The van der Waals surface area contributed by atoms with Crippen LogP contribution in [-0.2, 0) is 0 Å². The minimum atomic E-state index is 0.668. The van der Waals surface area contributed by atoms with Gasteiger partial charge in [0.05, 0.1) is 0 Å². The highest BCUT2D eigenvalue weighted by Gasteiger charge is 2.39. The number of anilines is 1. The highest BCUT2D eigenvalue weighted by Crippen LogP contribution is 2.44. The number of rotatable bonds is 5. The molecule has 2 nitrogen and oxygen atoms in total. The van der Waals surface area contributed by atoms with Crippen LogP contribution in [0.5, 0.6) is 0 Å². The Morgan fingerprint density at radius 3 is 2.92 bits per heavy atom. The summed E-state index contributed by atoms with van der Waals surface area (Å²) in [5.41, 5.74) is 4.53. The second kappa shape index (κ2) is 8.02. The van der Waals surface area contributed by atoms with Gasteiger partial charge in [-0.3, -0.25) is 0 Å². The first-order valence-electron chi connectivity index (χ1n) is 9.55. The molecule has 24 heavy (non-hydrogen) atoms. The predicted octanol–water partition coefficient (Wildman–Crippen LogP) is 4.99. The number of para-hydroxylation sites is 1. The fourth-order valence-corrected chi connectivity index (χ4v) is 4.31. The fourth-order valence-electron chi connectivity index (χ4n) is 4.31. The Hall–Kier alpha value is -1.54. The molecule has 0 unspecified atom stereocenters. The Balaban J connectivity index is 1.80. The van der Waals surface area contributed by atoms with Crippen LogP contribution in [0.2, 0.25) is 0 Å². The molecule has 0 aliphatic carbocycles. The van der Waals surface area contributed by atoms with Crippen LogP contribution in [0.25, 0.3) is 0 Å². The number of allylic oxidation sites excluding steroid dienone is 3. The van der Waals surface area contributed by atoms with Crippen molar-refractivity contribution in [1.29, 1.82) is 0 Å². The minimum absolute atomic E-state index is 0.668. The van der Waals surface area contributed by atoms with E-state index in [9.17, 15) is 0 Å². The van der Waals surface area contributed by atoms with Gasteiger partial charge >= 0.3 is 0 Å². The summed E-state index contributed by atoms with van der Waals surface area (Å²) < 4.78 is 0. The molecule has 0 spiro atoms. The summed E-state index contributed by atoms with van der Waals surface area (Å²) in [5, 5.41) is 0. The van der Waals surface area contributed by atoms with Gasteiger partial charge in [-0.25, -0.2) is 0 Å². The topological polar surface area (TPSA) is 6.48 Å². The van der Waals surface area contributed by atoms with Crippen molar-refractivity contribution in [1.82, 2.24) is 4.90 Å². The molecule has 130 valence electrons. The summed E-state index contributed by atoms with van der Waals surface area (Å²) in [5.74, 6) is 0.668. The van der Waals surface area contributed by atoms with Gasteiger partial charge in [0.25, 0.3) is 0 Å². The summed E-state index contributed by atoms with van der Waals surface area (Å²) in [6, 6.07) is 9.76. The molecule has 2 aliphatic heterocycles. The van der Waals surface area contributed by atoms with E-state index in [1.807, 2.05) is 0 Å². The average molecular weight is 325 g/mol. The molecule has 1 fully saturated rings. The van der Waals surface area contributed by atoms with Crippen molar-refractivity contribution in [2.75, 3.05) is 31.6 Å². The van der Waals surface area contributed by atoms with Crippen LogP contribution in [0, 0.1) is 0 Å². The Morgan fingerprint density at radius 2 is 2.08 bits per heavy atom. The molecule has 0 radical (unpaired) electrons. The SMILES string of the molecule is CC/C=C\C/C=C(\C)CN1c2ccccc2[C@H]2CN(C)CCC[C@H]21. The van der Waals surface area contributed by atoms with Crippen LogP contribution in [0.15, 0.2) is 48.1 Å². The number of nitrogens with zero attached hydrogens (tertiary/aromatic N) is 2. The van der Waals surface area contributed by atoms with Gasteiger partial charge in [-0.15, -0.1) is 0 Å². The third kappa shape index (κ3) is 3.75. The first-order chi connectivity index (χ1) is 11.7. The Morgan fingerprint density at radius 1 is 1.25 bits per heavy atom. The van der Waals surface area contributed by atoms with Crippen LogP contribution in [0.3, 0.4) is 0 Å². The van der Waals surface area contributed by atoms with E-state index >= 15 is 0 Å². The van der Waals surface area contributed by atoms with Crippen LogP contribution in [-0.4, -0.2) is 37.6 Å². The summed E-state index contributed by atoms with van der Waals surface area (Å²) >= 11 is 0. The van der Waals surface area contributed by atoms with E-state index in [0.717, 1.165) is 19.4 Å². The lowest BCUT2D eigenvalue weighted by Gasteiger charge is -2.30. The van der Waals surface area contributed by atoms with E-state index < -0.39 is 0 Å². The maximum Gasteiger partial charge on any atom is 0.0408 e. The van der Waals surface area contributed by atoms with E-state index in [0.29, 0.717) is 12.0 Å². The maximum atomic E-state index is 2.69. The lowest BCUT2D eigenvalue weighted by atomic mass is 9.93. The molecule has 0 saturated carbocycles. The van der Waals surface area contributed by atoms with Gasteiger partial charge in [0, 0.05) is 30.7 Å². The van der Waals surface area contributed by atoms with Crippen molar-refractivity contribution >= 4 is 5.69 Å². The first kappa shape index (κ1) is 17.3. The number of benzene rings is 1. The molecule has 2 aliphatic rings. The molecule has 0 aromatic heterocycles. The average Bonchev–Trinajstić information content (AvgIpc) is 2.73. The molecular formula is C22H32N2. The van der Waals surface area contributed by atoms with Gasteiger partial charge in [0.15, 0.2) is 0 Å². The number of likely N-dealkylation sites (tertiary alicyclic amines) is 1. The van der Waals surface area contributed by atoms with Crippen molar-refractivity contribution in [3.8, 4) is 0 Å². The van der Waals surface area contributed by atoms with E-state index in [1.165, 1.54) is 37.2 Å². The van der Waals surface area contributed by atoms with Crippen LogP contribution < -0.4 is 4.90 Å². The van der Waals surface area contributed by atoms with Crippen LogP contribution >= 0.6 is 0 Å². The molecule has 0 bridgehead atoms. The zero-order valence-electron chi connectivity index (χ0n) is 15.5. The Kier molecular flexibility index (Phi) is 5.78. The van der Waals surface area contributed by atoms with Crippen molar-refractivity contribution in [2.24, 2.45) is 0 Å². The fraction of sp³-hybridized carbons (Fsp3) is 0.545. The minimum Gasteiger partial charge on any atom is -0.364 e. The van der Waals surface area contributed by atoms with Gasteiger partial charge in [0.1, 0.15) is 0 Å². The molecule has 1 saturated heterocycles. The van der Waals surface area contributed by atoms with Crippen molar-refractivity contribution in [3.63, 3.8) is 0 Å². The second-order valence-electron chi connectivity index (χ2n) is 7.43. The van der Waals surface area contributed by atoms with Crippen LogP contribution in [0.4, 0.5) is 5.69 Å². The lowest BCUT2D eigenvalue weighted by Crippen LogP contribution is -2.36. The van der Waals surface area contributed by atoms with Gasteiger partial charge in [-0.2, -0.15) is 0 Å². The van der Waals surface area contributed by atoms with Crippen molar-refractivity contribution in [3.05, 3.63) is 53.6 Å². The van der Waals surface area contributed by atoms with E-state index in [-0.39, 0.29) is 0 Å². The third-order valence-corrected chi connectivity index (χ3v) is 5.48. The van der Waals surface area contributed by atoms with Gasteiger partial charge < -0.3 is 9.80 Å². The second-order valence-corrected chi connectivity index (χ2v) is 7.43. The number of likely N-dealkylation sites (N-methyl/N-ethyl adjacent to an activating group) is 1. The summed E-state index contributed by atoms with van der Waals surface area (Å²) in [6.07, 6.45) is 11.7. The molecule has 2 heteroatoms. The largest absolute Gasteiger partial charge is 0.364 e. The smallest absolute Gasteiger partial charge is 0.0408 e. The van der Waals surface area contributed by atoms with Gasteiger partial charge in [0.2, 0.25) is 0 Å². The van der Waals surface area contributed by atoms with E-state index in [1.54, 1.807) is 5.56 Å². The Bertz CT molecular complexity index is 602. The monoisotopic (exact) mass is 324 g/mol. The van der Waals surface area contributed by atoms with Gasteiger partial charge in [-0.1, -0.05) is 48.9 Å². The molecule has 0 N–H and O–H groups in total. The summed E-state index contributed by atoms with van der Waals surface area (Å²) in [6.45, 7) is 7.98. The molecule has 1 aromatic carbocycles. The van der Waals surface area contributed by atoms with Crippen molar-refractivity contribution in [2.45, 2.75) is 51.5 Å². The normalized spacial score (nSPS) is 25.0. The number of hydrogen-bond acceptors (Lipinski definition) is 2. The molecule has 2 heterocycles. The third-order valence-electron chi connectivity index (χ3n) is 5.48. The van der Waals surface area contributed by atoms with Crippen LogP contribution in [0.1, 0.15) is 51.0 Å². The molecule has 2 atom stereocenters. The quantitative estimate of drug-likeness (QED) is 0.704. The first-order valence-corrected chi connectivity index (χ1v) is 9.55. The maximum absolute atomic E-state index is 2.69. The molecule has 3 rings (SSSR count). The Labute approximate surface area is 147 Å². The van der Waals surface area contributed by atoms with E-state index in [4.69, 9.17) is 0 Å². The lowest BCUT2D eigenvalue weighted by molar-refractivity contribution is 0.330.